The number of H-pyrrole nitrogens is 1. The number of hydrogen-bond donors (Lipinski definition) is 4. The summed E-state index contributed by atoms with van der Waals surface area (Å²) in [6.45, 7) is 3.91. The lowest BCUT2D eigenvalue weighted by molar-refractivity contribution is 0.0902. The van der Waals surface area contributed by atoms with Crippen LogP contribution in [0.15, 0.2) is 0 Å². The molecule has 1 aliphatic carbocycles. The van der Waals surface area contributed by atoms with Crippen LogP contribution in [0.5, 0.6) is 0 Å². The number of hydrogen-bond acceptors (Lipinski definition) is 4. The van der Waals surface area contributed by atoms with Crippen molar-refractivity contribution >= 4 is 11.6 Å². The van der Waals surface area contributed by atoms with Crippen LogP contribution in [0.1, 0.15) is 48.8 Å². The van der Waals surface area contributed by atoms with E-state index in [4.69, 9.17) is 10.8 Å². The zero-order valence-electron chi connectivity index (χ0n) is 10.1. The fourth-order valence-corrected chi connectivity index (χ4v) is 1.75. The number of carbonyl (C=O) groups is 1. The lowest BCUT2D eigenvalue weighted by Crippen LogP contribution is -2.40. The molecule has 1 heterocycles. The Morgan fingerprint density at radius 1 is 1.65 bits per heavy atom. The van der Waals surface area contributed by atoms with Crippen LogP contribution >= 0.6 is 0 Å². The van der Waals surface area contributed by atoms with E-state index in [0.29, 0.717) is 5.69 Å². The van der Waals surface area contributed by atoms with Gasteiger partial charge in [0.2, 0.25) is 0 Å². The van der Waals surface area contributed by atoms with Gasteiger partial charge in [0.1, 0.15) is 0 Å². The van der Waals surface area contributed by atoms with Gasteiger partial charge in [-0.15, -0.1) is 0 Å². The lowest BCUT2D eigenvalue weighted by atomic mass is 10.1. The number of nitrogen functional groups attached to an aromatic ring is 1. The molecule has 0 atom stereocenters. The number of anilines is 1. The number of nitrogens with one attached hydrogen (secondary N) is 2. The highest BCUT2D eigenvalue weighted by Crippen LogP contribution is 2.35. The quantitative estimate of drug-likeness (QED) is 0.608. The Balaban J connectivity index is 2.15. The number of nitrogens with two attached hydrogens (primary N) is 1. The van der Waals surface area contributed by atoms with E-state index in [-0.39, 0.29) is 24.1 Å². The molecule has 94 valence electrons. The second kappa shape index (κ2) is 4.03. The molecule has 0 spiro atoms. The molecular weight excluding hydrogens is 220 g/mol. The molecule has 6 heteroatoms. The molecule has 1 aliphatic rings. The number of rotatable bonds is 4. The van der Waals surface area contributed by atoms with Gasteiger partial charge in [-0.05, 0) is 18.8 Å². The molecule has 0 saturated heterocycles. The highest BCUT2D eigenvalue weighted by molar-refractivity contribution is 5.98. The average Bonchev–Trinajstić information content (AvgIpc) is 2.93. The van der Waals surface area contributed by atoms with Gasteiger partial charge in [0.05, 0.1) is 23.5 Å². The maximum Gasteiger partial charge on any atom is 0.274 e. The van der Waals surface area contributed by atoms with Crippen molar-refractivity contribution in [2.75, 3.05) is 12.3 Å². The van der Waals surface area contributed by atoms with Crippen molar-refractivity contribution < 1.29 is 9.90 Å². The Morgan fingerprint density at radius 3 is 2.71 bits per heavy atom. The minimum Gasteiger partial charge on any atom is -0.395 e. The number of aromatic amines is 1. The van der Waals surface area contributed by atoms with Crippen LogP contribution < -0.4 is 11.1 Å². The van der Waals surface area contributed by atoms with E-state index in [1.807, 2.05) is 13.8 Å². The second-order valence-corrected chi connectivity index (χ2v) is 4.95. The molecule has 2 rings (SSSR count). The summed E-state index contributed by atoms with van der Waals surface area (Å²) in [5.74, 6) is -0.131. The van der Waals surface area contributed by atoms with E-state index in [1.54, 1.807) is 0 Å². The highest BCUT2D eigenvalue weighted by Gasteiger charge is 2.44. The highest BCUT2D eigenvalue weighted by atomic mass is 16.3. The molecule has 1 fully saturated rings. The number of nitrogens with zero attached hydrogens (tertiary/aromatic N) is 1. The summed E-state index contributed by atoms with van der Waals surface area (Å²) in [5, 5.41) is 18.6. The van der Waals surface area contributed by atoms with Gasteiger partial charge >= 0.3 is 0 Å². The first-order valence-corrected chi connectivity index (χ1v) is 5.76. The van der Waals surface area contributed by atoms with Crippen LogP contribution in [0, 0.1) is 0 Å². The average molecular weight is 238 g/mol. The minimum absolute atomic E-state index is 0.0416. The molecule has 0 radical (unpaired) electrons. The molecule has 0 aromatic carbocycles. The molecule has 6 nitrogen and oxygen atoms in total. The number of aromatic nitrogens is 2. The standard InChI is InChI=1S/C11H18N4O2/c1-6(2)8-7(12)9(15-14-8)10(17)13-11(5-16)3-4-11/h6,16H,3-5,12H2,1-2H3,(H,13,17)(H,14,15). The fraction of sp³-hybridized carbons (Fsp3) is 0.636. The van der Waals surface area contributed by atoms with Gasteiger partial charge in [0.15, 0.2) is 5.69 Å². The van der Waals surface area contributed by atoms with Crippen molar-refractivity contribution in [3.8, 4) is 0 Å². The van der Waals surface area contributed by atoms with Gasteiger partial charge in [-0.2, -0.15) is 5.10 Å². The fourth-order valence-electron chi connectivity index (χ4n) is 1.75. The van der Waals surface area contributed by atoms with Crippen LogP contribution in [-0.2, 0) is 0 Å². The Labute approximate surface area is 99.6 Å². The maximum atomic E-state index is 11.9. The third kappa shape index (κ3) is 2.12. The summed E-state index contributed by atoms with van der Waals surface area (Å²) in [6.07, 6.45) is 1.60. The largest absolute Gasteiger partial charge is 0.395 e. The predicted octanol–water partition coefficient (Wildman–Crippen LogP) is 0.370. The molecule has 1 saturated carbocycles. The van der Waals surface area contributed by atoms with Gasteiger partial charge in [-0.3, -0.25) is 9.89 Å². The van der Waals surface area contributed by atoms with Gasteiger partial charge in [0, 0.05) is 0 Å². The van der Waals surface area contributed by atoms with Crippen LogP contribution in [-0.4, -0.2) is 33.4 Å². The first kappa shape index (κ1) is 11.9. The van der Waals surface area contributed by atoms with Crippen LogP contribution in [0.2, 0.25) is 0 Å². The zero-order valence-corrected chi connectivity index (χ0v) is 10.1. The van der Waals surface area contributed by atoms with Crippen LogP contribution in [0.25, 0.3) is 0 Å². The van der Waals surface area contributed by atoms with E-state index in [1.165, 1.54) is 0 Å². The van der Waals surface area contributed by atoms with Crippen LogP contribution in [0.4, 0.5) is 5.69 Å². The third-order valence-corrected chi connectivity index (χ3v) is 3.16. The van der Waals surface area contributed by atoms with E-state index < -0.39 is 5.54 Å². The third-order valence-electron chi connectivity index (χ3n) is 3.16. The second-order valence-electron chi connectivity index (χ2n) is 4.95. The summed E-state index contributed by atoms with van der Waals surface area (Å²) in [6, 6.07) is 0. The summed E-state index contributed by atoms with van der Waals surface area (Å²) < 4.78 is 0. The normalized spacial score (nSPS) is 17.2. The maximum absolute atomic E-state index is 11.9. The monoisotopic (exact) mass is 238 g/mol. The predicted molar refractivity (Wildman–Crippen MR) is 63.6 cm³/mol. The van der Waals surface area contributed by atoms with E-state index in [2.05, 4.69) is 15.5 Å². The van der Waals surface area contributed by atoms with Crippen LogP contribution in [0.3, 0.4) is 0 Å². The number of aliphatic hydroxyl groups excluding tert-OH is 1. The topological polar surface area (TPSA) is 104 Å². The first-order chi connectivity index (χ1) is 7.99. The van der Waals surface area contributed by atoms with Crippen molar-refractivity contribution in [1.82, 2.24) is 15.5 Å². The summed E-state index contributed by atoms with van der Waals surface area (Å²) in [4.78, 5) is 11.9. The molecule has 0 aliphatic heterocycles. The number of aliphatic hydroxyl groups is 1. The van der Waals surface area contributed by atoms with Crippen molar-refractivity contribution in [2.24, 2.45) is 0 Å². The molecule has 0 bridgehead atoms. The van der Waals surface area contributed by atoms with Crippen molar-refractivity contribution in [1.29, 1.82) is 0 Å². The van der Waals surface area contributed by atoms with Gasteiger partial charge in [0.25, 0.3) is 5.91 Å². The van der Waals surface area contributed by atoms with Gasteiger partial charge in [-0.25, -0.2) is 0 Å². The molecule has 1 aromatic rings. The van der Waals surface area contributed by atoms with Gasteiger partial charge in [-0.1, -0.05) is 13.8 Å². The number of amides is 1. The summed E-state index contributed by atoms with van der Waals surface area (Å²) in [7, 11) is 0. The minimum atomic E-state index is -0.444. The van der Waals surface area contributed by atoms with E-state index >= 15 is 0 Å². The SMILES string of the molecule is CC(C)c1[nH]nc(C(=O)NC2(CO)CC2)c1N. The van der Waals surface area contributed by atoms with Crippen molar-refractivity contribution in [3.05, 3.63) is 11.4 Å². The van der Waals surface area contributed by atoms with Gasteiger partial charge < -0.3 is 16.2 Å². The lowest BCUT2D eigenvalue weighted by Gasteiger charge is -2.13. The van der Waals surface area contributed by atoms with Crippen molar-refractivity contribution in [3.63, 3.8) is 0 Å². The van der Waals surface area contributed by atoms with Crippen molar-refractivity contribution in [2.45, 2.75) is 38.1 Å². The molecule has 0 unspecified atom stereocenters. The summed E-state index contributed by atoms with van der Waals surface area (Å²) in [5.41, 5.74) is 6.80. The molecule has 5 N–H and O–H groups in total. The molecule has 17 heavy (non-hydrogen) atoms. The summed E-state index contributed by atoms with van der Waals surface area (Å²) >= 11 is 0. The Bertz CT molecular complexity index is 435. The molecular formula is C11H18N4O2. The number of carbonyl (C=O) groups excluding carboxylic acids is 1. The first-order valence-electron chi connectivity index (χ1n) is 5.76. The molecule has 1 aromatic heterocycles. The zero-order chi connectivity index (χ0) is 12.6. The van der Waals surface area contributed by atoms with E-state index in [9.17, 15) is 4.79 Å². The Morgan fingerprint density at radius 2 is 2.29 bits per heavy atom. The Kier molecular flexibility index (Phi) is 2.82. The Hall–Kier alpha value is -1.56. The smallest absolute Gasteiger partial charge is 0.274 e. The molecule has 1 amide bonds. The van der Waals surface area contributed by atoms with E-state index in [0.717, 1.165) is 18.5 Å².